The summed E-state index contributed by atoms with van der Waals surface area (Å²) in [5.41, 5.74) is 0. The summed E-state index contributed by atoms with van der Waals surface area (Å²) in [5, 5.41) is 0. The number of fused-ring (bicyclic) bond motifs is 1. The second-order valence-corrected chi connectivity index (χ2v) is 4.83. The van der Waals surface area contributed by atoms with E-state index >= 15 is 0 Å². The van der Waals surface area contributed by atoms with Crippen LogP contribution in [0.25, 0.3) is 0 Å². The first-order valence-electron chi connectivity index (χ1n) is 5.87. The predicted octanol–water partition coefficient (Wildman–Crippen LogP) is 3.05. The van der Waals surface area contributed by atoms with E-state index in [9.17, 15) is 0 Å². The number of nitrogens with zero attached hydrogens (tertiary/aromatic N) is 1. The van der Waals surface area contributed by atoms with E-state index in [-0.39, 0.29) is 0 Å². The molecule has 0 amide bonds. The van der Waals surface area contributed by atoms with Crippen LogP contribution < -0.4 is 0 Å². The third-order valence-electron chi connectivity index (χ3n) is 3.70. The van der Waals surface area contributed by atoms with Crippen molar-refractivity contribution in [3.8, 4) is 0 Å². The molecular formula is C12H20ClN. The van der Waals surface area contributed by atoms with Gasteiger partial charge in [0.1, 0.15) is 0 Å². The van der Waals surface area contributed by atoms with Gasteiger partial charge in [-0.3, -0.25) is 4.90 Å². The van der Waals surface area contributed by atoms with Crippen molar-refractivity contribution in [1.29, 1.82) is 0 Å². The van der Waals surface area contributed by atoms with Crippen molar-refractivity contribution >= 4 is 11.6 Å². The molecule has 0 N–H and O–H groups in total. The van der Waals surface area contributed by atoms with Crippen molar-refractivity contribution < 1.29 is 0 Å². The quantitative estimate of drug-likeness (QED) is 0.515. The van der Waals surface area contributed by atoms with E-state index in [0.717, 1.165) is 18.5 Å². The van der Waals surface area contributed by atoms with Crippen molar-refractivity contribution in [2.45, 2.75) is 38.1 Å². The maximum atomic E-state index is 5.63. The maximum Gasteiger partial charge on any atom is 0.0404 e. The Bertz CT molecular complexity index is 202. The van der Waals surface area contributed by atoms with Gasteiger partial charge in [-0.1, -0.05) is 18.6 Å². The van der Waals surface area contributed by atoms with Crippen LogP contribution in [-0.4, -0.2) is 29.9 Å². The fourth-order valence-electron chi connectivity index (χ4n) is 3.06. The van der Waals surface area contributed by atoms with Gasteiger partial charge in [0.25, 0.3) is 0 Å². The fraction of sp³-hybridized carbons (Fsp3) is 0.833. The van der Waals surface area contributed by atoms with Crippen LogP contribution in [0.1, 0.15) is 32.1 Å². The molecule has 1 saturated heterocycles. The summed E-state index contributed by atoms with van der Waals surface area (Å²) in [4.78, 5) is 2.66. The van der Waals surface area contributed by atoms with Crippen molar-refractivity contribution in [2.24, 2.45) is 5.92 Å². The highest BCUT2D eigenvalue weighted by molar-refractivity contribution is 6.18. The van der Waals surface area contributed by atoms with Crippen LogP contribution >= 0.6 is 11.6 Å². The van der Waals surface area contributed by atoms with Gasteiger partial charge in [0, 0.05) is 18.5 Å². The number of piperidine rings is 1. The van der Waals surface area contributed by atoms with E-state index < -0.39 is 0 Å². The number of rotatable bonds is 3. The second-order valence-electron chi connectivity index (χ2n) is 4.52. The summed E-state index contributed by atoms with van der Waals surface area (Å²) >= 11 is 5.63. The molecule has 1 nitrogen and oxygen atoms in total. The molecule has 14 heavy (non-hydrogen) atoms. The smallest absolute Gasteiger partial charge is 0.0404 e. The number of allylic oxidation sites excluding steroid dienone is 1. The average Bonchev–Trinajstić information content (AvgIpc) is 2.67. The third kappa shape index (κ3) is 2.32. The lowest BCUT2D eigenvalue weighted by Gasteiger charge is -2.37. The van der Waals surface area contributed by atoms with Gasteiger partial charge < -0.3 is 0 Å². The van der Waals surface area contributed by atoms with Crippen molar-refractivity contribution in [2.75, 3.05) is 19.0 Å². The Morgan fingerprint density at radius 1 is 1.14 bits per heavy atom. The molecule has 0 radical (unpaired) electrons. The molecule has 1 heterocycles. The molecule has 2 heteroatoms. The summed E-state index contributed by atoms with van der Waals surface area (Å²) in [6, 6.07) is 0.892. The minimum Gasteiger partial charge on any atom is -0.296 e. The molecular weight excluding hydrogens is 194 g/mol. The fourth-order valence-corrected chi connectivity index (χ4v) is 3.18. The van der Waals surface area contributed by atoms with Gasteiger partial charge in [0.15, 0.2) is 0 Å². The minimum atomic E-state index is 0.655. The van der Waals surface area contributed by atoms with Crippen LogP contribution in [-0.2, 0) is 0 Å². The van der Waals surface area contributed by atoms with Crippen LogP contribution in [0.5, 0.6) is 0 Å². The van der Waals surface area contributed by atoms with Gasteiger partial charge in [0.05, 0.1) is 0 Å². The van der Waals surface area contributed by atoms with E-state index in [1.165, 1.54) is 38.6 Å². The lowest BCUT2D eigenvalue weighted by Crippen LogP contribution is -2.42. The summed E-state index contributed by atoms with van der Waals surface area (Å²) in [7, 11) is 0. The first-order chi connectivity index (χ1) is 6.92. The Morgan fingerprint density at radius 2 is 2.00 bits per heavy atom. The molecule has 0 bridgehead atoms. The van der Waals surface area contributed by atoms with Gasteiger partial charge in [-0.15, -0.1) is 11.6 Å². The molecule has 1 saturated carbocycles. The molecule has 0 spiro atoms. The molecule has 0 aromatic carbocycles. The molecule has 0 aromatic rings. The molecule has 0 aromatic heterocycles. The van der Waals surface area contributed by atoms with Crippen molar-refractivity contribution in [1.82, 2.24) is 4.90 Å². The predicted molar refractivity (Wildman–Crippen MR) is 61.8 cm³/mol. The Morgan fingerprint density at radius 3 is 2.86 bits per heavy atom. The number of hydrogen-bond donors (Lipinski definition) is 0. The van der Waals surface area contributed by atoms with Crippen molar-refractivity contribution in [3.63, 3.8) is 0 Å². The van der Waals surface area contributed by atoms with E-state index in [2.05, 4.69) is 17.1 Å². The van der Waals surface area contributed by atoms with Gasteiger partial charge in [-0.05, 0) is 38.1 Å². The van der Waals surface area contributed by atoms with Crippen molar-refractivity contribution in [3.05, 3.63) is 12.2 Å². The zero-order valence-corrected chi connectivity index (χ0v) is 9.55. The number of alkyl halides is 1. The Hall–Kier alpha value is -0.0100. The number of hydrogen-bond acceptors (Lipinski definition) is 1. The largest absolute Gasteiger partial charge is 0.296 e. The molecule has 1 aliphatic carbocycles. The first-order valence-corrected chi connectivity index (χ1v) is 6.40. The summed E-state index contributed by atoms with van der Waals surface area (Å²) in [5.74, 6) is 1.66. The normalized spacial score (nSPS) is 33.8. The third-order valence-corrected chi connectivity index (χ3v) is 3.88. The van der Waals surface area contributed by atoms with Gasteiger partial charge in [0.2, 0.25) is 0 Å². The Kier molecular flexibility index (Phi) is 3.89. The van der Waals surface area contributed by atoms with E-state index in [4.69, 9.17) is 11.6 Å². The first kappa shape index (κ1) is 10.5. The molecule has 2 fully saturated rings. The SMILES string of the molecule is ClCC=CCN1CCCC2CCCC21. The second kappa shape index (κ2) is 5.18. The number of halogens is 1. The van der Waals surface area contributed by atoms with Crippen LogP contribution in [0.2, 0.25) is 0 Å². The highest BCUT2D eigenvalue weighted by Crippen LogP contribution is 2.36. The highest BCUT2D eigenvalue weighted by atomic mass is 35.5. The lowest BCUT2D eigenvalue weighted by molar-refractivity contribution is 0.127. The average molecular weight is 214 g/mol. The zero-order chi connectivity index (χ0) is 9.80. The van der Waals surface area contributed by atoms with E-state index in [1.54, 1.807) is 0 Å². The van der Waals surface area contributed by atoms with E-state index in [0.29, 0.717) is 5.88 Å². The topological polar surface area (TPSA) is 3.24 Å². The van der Waals surface area contributed by atoms with Gasteiger partial charge >= 0.3 is 0 Å². The summed E-state index contributed by atoms with van der Waals surface area (Å²) in [6.07, 6.45) is 11.5. The van der Waals surface area contributed by atoms with Crippen LogP contribution in [0.3, 0.4) is 0 Å². The standard InChI is InChI=1S/C12H20ClN/c13-8-1-2-9-14-10-4-6-11-5-3-7-12(11)14/h1-2,11-12H,3-10H2. The van der Waals surface area contributed by atoms with Gasteiger partial charge in [-0.25, -0.2) is 0 Å². The van der Waals surface area contributed by atoms with Crippen LogP contribution in [0.4, 0.5) is 0 Å². The molecule has 2 atom stereocenters. The monoisotopic (exact) mass is 213 g/mol. The number of likely N-dealkylation sites (tertiary alicyclic amines) is 1. The Balaban J connectivity index is 1.87. The summed E-state index contributed by atoms with van der Waals surface area (Å²) < 4.78 is 0. The summed E-state index contributed by atoms with van der Waals surface area (Å²) in [6.45, 7) is 2.42. The van der Waals surface area contributed by atoms with E-state index in [1.807, 2.05) is 0 Å². The Labute approximate surface area is 92.1 Å². The van der Waals surface area contributed by atoms with Gasteiger partial charge in [-0.2, -0.15) is 0 Å². The highest BCUT2D eigenvalue weighted by Gasteiger charge is 2.33. The van der Waals surface area contributed by atoms with Crippen LogP contribution in [0.15, 0.2) is 12.2 Å². The molecule has 80 valence electrons. The maximum absolute atomic E-state index is 5.63. The molecule has 2 aliphatic rings. The molecule has 2 rings (SSSR count). The zero-order valence-electron chi connectivity index (χ0n) is 8.79. The lowest BCUT2D eigenvalue weighted by atomic mass is 9.92. The molecule has 1 aliphatic heterocycles. The minimum absolute atomic E-state index is 0.655. The molecule has 2 unspecified atom stereocenters. The van der Waals surface area contributed by atoms with Crippen LogP contribution in [0, 0.1) is 5.92 Å².